The van der Waals surface area contributed by atoms with Gasteiger partial charge >= 0.3 is 5.97 Å². The van der Waals surface area contributed by atoms with E-state index in [-0.39, 0.29) is 23.2 Å². The van der Waals surface area contributed by atoms with Crippen molar-refractivity contribution in [1.82, 2.24) is 4.90 Å². The summed E-state index contributed by atoms with van der Waals surface area (Å²) < 4.78 is 16.7. The topological polar surface area (TPSA) is 111 Å². The molecular weight excluding hydrogens is 466 g/mol. The summed E-state index contributed by atoms with van der Waals surface area (Å²) >= 11 is 0. The molecule has 1 amide bonds. The monoisotopic (exact) mass is 495 g/mol. The van der Waals surface area contributed by atoms with Crippen LogP contribution in [0.5, 0.6) is 11.5 Å². The lowest BCUT2D eigenvalue weighted by Crippen LogP contribution is -2.35. The molecule has 10 nitrogen and oxygen atoms in total. The summed E-state index contributed by atoms with van der Waals surface area (Å²) in [7, 11) is 0. The highest BCUT2D eigenvalue weighted by Crippen LogP contribution is 2.38. The molecule has 0 bridgehead atoms. The maximum Gasteiger partial charge on any atom is 0.341 e. The summed E-state index contributed by atoms with van der Waals surface area (Å²) in [5, 5.41) is 11.3. The molecule has 2 aromatic carbocycles. The molecule has 0 saturated carbocycles. The Labute approximate surface area is 208 Å². The molecule has 0 aliphatic carbocycles. The average Bonchev–Trinajstić information content (AvgIpc) is 3.41. The van der Waals surface area contributed by atoms with Crippen molar-refractivity contribution >= 4 is 23.3 Å². The first-order valence-electron chi connectivity index (χ1n) is 12.4. The summed E-state index contributed by atoms with van der Waals surface area (Å²) in [5.41, 5.74) is 1.48. The minimum absolute atomic E-state index is 0.115. The van der Waals surface area contributed by atoms with Crippen molar-refractivity contribution in [2.75, 3.05) is 44.4 Å². The molecule has 36 heavy (non-hydrogen) atoms. The fourth-order valence-corrected chi connectivity index (χ4v) is 5.18. The van der Waals surface area contributed by atoms with Gasteiger partial charge in [0.25, 0.3) is 11.6 Å². The second-order valence-electron chi connectivity index (χ2n) is 9.23. The van der Waals surface area contributed by atoms with Gasteiger partial charge in [0, 0.05) is 31.8 Å². The van der Waals surface area contributed by atoms with Crippen molar-refractivity contribution in [1.29, 1.82) is 0 Å². The predicted octanol–water partition coefficient (Wildman–Crippen LogP) is 3.88. The predicted molar refractivity (Wildman–Crippen MR) is 131 cm³/mol. The van der Waals surface area contributed by atoms with E-state index in [1.807, 2.05) is 23.1 Å². The van der Waals surface area contributed by atoms with Crippen LogP contribution in [0.25, 0.3) is 0 Å². The average molecular weight is 496 g/mol. The number of likely N-dealkylation sites (tertiary alicyclic amines) is 1. The second kappa shape index (κ2) is 10.4. The number of non-ortho nitro benzene ring substituents is 1. The number of ether oxygens (including phenoxy) is 3. The highest BCUT2D eigenvalue weighted by Gasteiger charge is 2.32. The van der Waals surface area contributed by atoms with Gasteiger partial charge in [-0.2, -0.15) is 0 Å². The van der Waals surface area contributed by atoms with Gasteiger partial charge in [0.05, 0.1) is 22.2 Å². The van der Waals surface area contributed by atoms with Crippen LogP contribution in [-0.2, 0) is 9.53 Å². The molecule has 5 rings (SSSR count). The number of nitrogens with zero attached hydrogens (tertiary/aromatic N) is 3. The molecule has 1 atom stereocenters. The number of fused-ring (bicyclic) bond motifs is 1. The first-order chi connectivity index (χ1) is 17.5. The van der Waals surface area contributed by atoms with Crippen LogP contribution in [0.2, 0.25) is 0 Å². The number of anilines is 1. The minimum Gasteiger partial charge on any atom is -0.486 e. The Kier molecular flexibility index (Phi) is 6.92. The fourth-order valence-electron chi connectivity index (χ4n) is 5.18. The van der Waals surface area contributed by atoms with Crippen LogP contribution >= 0.6 is 0 Å². The van der Waals surface area contributed by atoms with E-state index in [1.165, 1.54) is 12.1 Å². The summed E-state index contributed by atoms with van der Waals surface area (Å²) in [4.78, 5) is 40.7. The van der Waals surface area contributed by atoms with Crippen LogP contribution in [0, 0.1) is 10.1 Å². The van der Waals surface area contributed by atoms with Gasteiger partial charge in [-0.05, 0) is 55.9 Å². The third-order valence-corrected chi connectivity index (χ3v) is 6.96. The van der Waals surface area contributed by atoms with Crippen molar-refractivity contribution in [3.63, 3.8) is 0 Å². The summed E-state index contributed by atoms with van der Waals surface area (Å²) in [6.07, 6.45) is 4.71. The molecule has 3 aliphatic heterocycles. The number of hydrogen-bond donors (Lipinski definition) is 0. The van der Waals surface area contributed by atoms with Crippen molar-refractivity contribution < 1.29 is 28.7 Å². The number of amides is 1. The van der Waals surface area contributed by atoms with Gasteiger partial charge in [-0.3, -0.25) is 14.9 Å². The van der Waals surface area contributed by atoms with Gasteiger partial charge in [0.15, 0.2) is 18.1 Å². The van der Waals surface area contributed by atoms with Gasteiger partial charge < -0.3 is 24.0 Å². The number of carbonyl (C=O) groups excluding carboxylic acids is 2. The number of rotatable bonds is 6. The van der Waals surface area contributed by atoms with E-state index in [4.69, 9.17) is 14.2 Å². The van der Waals surface area contributed by atoms with Crippen LogP contribution in [0.1, 0.15) is 54.1 Å². The van der Waals surface area contributed by atoms with Crippen molar-refractivity contribution in [2.45, 2.75) is 38.1 Å². The molecule has 2 fully saturated rings. The zero-order chi connectivity index (χ0) is 25.1. The first kappa shape index (κ1) is 23.9. The summed E-state index contributed by atoms with van der Waals surface area (Å²) in [5.74, 6) is 0.324. The van der Waals surface area contributed by atoms with E-state index in [0.29, 0.717) is 36.9 Å². The molecule has 3 heterocycles. The largest absolute Gasteiger partial charge is 0.486 e. The van der Waals surface area contributed by atoms with E-state index in [9.17, 15) is 19.7 Å². The third kappa shape index (κ3) is 4.93. The molecule has 0 radical (unpaired) electrons. The van der Waals surface area contributed by atoms with Crippen molar-refractivity contribution in [3.05, 3.63) is 57.6 Å². The minimum atomic E-state index is -0.734. The Morgan fingerprint density at radius 1 is 0.972 bits per heavy atom. The lowest BCUT2D eigenvalue weighted by Gasteiger charge is -2.30. The molecule has 0 aromatic heterocycles. The molecule has 10 heteroatoms. The lowest BCUT2D eigenvalue weighted by molar-refractivity contribution is -0.384. The van der Waals surface area contributed by atoms with Crippen LogP contribution in [0.15, 0.2) is 36.4 Å². The number of nitro benzene ring substituents is 1. The Balaban J connectivity index is 1.29. The molecule has 0 N–H and O–H groups in total. The van der Waals surface area contributed by atoms with Crippen LogP contribution < -0.4 is 14.4 Å². The van der Waals surface area contributed by atoms with Crippen LogP contribution in [0.4, 0.5) is 11.4 Å². The van der Waals surface area contributed by atoms with E-state index >= 15 is 0 Å². The normalized spacial score (nSPS) is 19.2. The highest BCUT2D eigenvalue weighted by atomic mass is 16.6. The second-order valence-corrected chi connectivity index (χ2v) is 9.23. The molecule has 3 aliphatic rings. The van der Waals surface area contributed by atoms with E-state index in [1.54, 1.807) is 11.0 Å². The number of esters is 1. The Bertz CT molecular complexity index is 1160. The Morgan fingerprint density at radius 3 is 2.53 bits per heavy atom. The zero-order valence-corrected chi connectivity index (χ0v) is 20.0. The molecule has 0 spiro atoms. The number of piperidine rings is 1. The van der Waals surface area contributed by atoms with Gasteiger partial charge in [-0.25, -0.2) is 4.79 Å². The number of carbonyl (C=O) groups is 2. The SMILES string of the molecule is O=C(OCC(=O)N1CCCC1c1ccc2c(c1)OCCO2)c1cc([N+](=O)[O-])ccc1N1CCCCC1. The molecule has 2 saturated heterocycles. The lowest BCUT2D eigenvalue weighted by atomic mass is 10.0. The van der Waals surface area contributed by atoms with Gasteiger partial charge in [0.1, 0.15) is 13.2 Å². The smallest absolute Gasteiger partial charge is 0.341 e. The third-order valence-electron chi connectivity index (χ3n) is 6.96. The van der Waals surface area contributed by atoms with Crippen LogP contribution in [-0.4, -0.2) is 61.2 Å². The molecule has 190 valence electrons. The quantitative estimate of drug-likeness (QED) is 0.337. The van der Waals surface area contributed by atoms with Crippen LogP contribution in [0.3, 0.4) is 0 Å². The van der Waals surface area contributed by atoms with E-state index in [0.717, 1.165) is 50.8 Å². The number of benzene rings is 2. The molecule has 1 unspecified atom stereocenters. The molecule has 2 aromatic rings. The number of hydrogen-bond acceptors (Lipinski definition) is 8. The standard InChI is InChI=1S/C26H29N3O7/c30-25(28-12-4-5-21(28)18-6-9-23-24(15-18)35-14-13-34-23)17-36-26(31)20-16-19(29(32)33)7-8-22(20)27-10-2-1-3-11-27/h6-9,15-16,21H,1-5,10-14,17H2. The van der Waals surface area contributed by atoms with E-state index in [2.05, 4.69) is 0 Å². The summed E-state index contributed by atoms with van der Waals surface area (Å²) in [6.45, 7) is 2.66. The van der Waals surface area contributed by atoms with Crippen molar-refractivity contribution in [2.24, 2.45) is 0 Å². The molecular formula is C26H29N3O7. The zero-order valence-electron chi connectivity index (χ0n) is 20.0. The van der Waals surface area contributed by atoms with Crippen molar-refractivity contribution in [3.8, 4) is 11.5 Å². The highest BCUT2D eigenvalue weighted by molar-refractivity contribution is 5.98. The Morgan fingerprint density at radius 2 is 1.75 bits per heavy atom. The van der Waals surface area contributed by atoms with E-state index < -0.39 is 17.5 Å². The Hall–Kier alpha value is -3.82. The first-order valence-corrected chi connectivity index (χ1v) is 12.4. The van der Waals surface area contributed by atoms with Gasteiger partial charge in [-0.1, -0.05) is 6.07 Å². The maximum absolute atomic E-state index is 13.1. The van der Waals surface area contributed by atoms with Gasteiger partial charge in [0.2, 0.25) is 0 Å². The fraction of sp³-hybridized carbons (Fsp3) is 0.462. The maximum atomic E-state index is 13.1. The number of nitro groups is 1. The summed E-state index contributed by atoms with van der Waals surface area (Å²) in [6, 6.07) is 9.79. The van der Waals surface area contributed by atoms with Gasteiger partial charge in [-0.15, -0.1) is 0 Å².